The van der Waals surface area contributed by atoms with Crippen LogP contribution in [0.3, 0.4) is 0 Å². The first-order chi connectivity index (χ1) is 13.5. The van der Waals surface area contributed by atoms with Crippen LogP contribution in [-0.4, -0.2) is 25.0 Å². The molecule has 0 aliphatic carbocycles. The largest absolute Gasteiger partial charge is 0.268 e. The molecule has 0 bridgehead atoms. The minimum Gasteiger partial charge on any atom is -0.268 e. The van der Waals surface area contributed by atoms with Crippen LogP contribution >= 0.6 is 22.7 Å². The lowest BCUT2D eigenvalue weighted by molar-refractivity contribution is 0.491. The van der Waals surface area contributed by atoms with Gasteiger partial charge in [-0.05, 0) is 26.0 Å². The molecule has 0 amide bonds. The van der Waals surface area contributed by atoms with Gasteiger partial charge in [-0.2, -0.15) is 5.10 Å². The highest BCUT2D eigenvalue weighted by molar-refractivity contribution is 7.12. The summed E-state index contributed by atoms with van der Waals surface area (Å²) in [5.41, 5.74) is 2.08. The van der Waals surface area contributed by atoms with E-state index >= 15 is 0 Å². The van der Waals surface area contributed by atoms with Crippen LogP contribution in [0, 0.1) is 18.6 Å². The van der Waals surface area contributed by atoms with Gasteiger partial charge < -0.3 is 0 Å². The lowest BCUT2D eigenvalue weighted by atomic mass is 10.2. The van der Waals surface area contributed by atoms with Crippen molar-refractivity contribution in [3.8, 4) is 0 Å². The molecule has 28 heavy (non-hydrogen) atoms. The normalized spacial score (nSPS) is 12.4. The molecule has 0 fully saturated rings. The molecule has 4 aromatic rings. The Morgan fingerprint density at radius 2 is 2.00 bits per heavy atom. The van der Waals surface area contributed by atoms with Crippen LogP contribution in [0.2, 0.25) is 0 Å². The van der Waals surface area contributed by atoms with E-state index in [-0.39, 0.29) is 18.0 Å². The summed E-state index contributed by atoms with van der Waals surface area (Å²) in [4.78, 5) is 4.52. The molecule has 0 saturated carbocycles. The fourth-order valence-electron chi connectivity index (χ4n) is 2.78. The Kier molecular flexibility index (Phi) is 5.27. The van der Waals surface area contributed by atoms with E-state index < -0.39 is 11.6 Å². The fourth-order valence-corrected chi connectivity index (χ4v) is 4.62. The molecule has 1 aromatic carbocycles. The predicted octanol–water partition coefficient (Wildman–Crippen LogP) is 4.57. The van der Waals surface area contributed by atoms with E-state index in [0.717, 1.165) is 32.5 Å². The van der Waals surface area contributed by atoms with Crippen molar-refractivity contribution in [3.63, 3.8) is 0 Å². The second kappa shape index (κ2) is 7.84. The van der Waals surface area contributed by atoms with Gasteiger partial charge in [-0.1, -0.05) is 12.1 Å². The van der Waals surface area contributed by atoms with Gasteiger partial charge in [0.1, 0.15) is 15.0 Å². The number of aromatic nitrogens is 5. The first kappa shape index (κ1) is 18.8. The number of hydrogen-bond acceptors (Lipinski definition) is 6. The molecular weight excluding hydrogens is 400 g/mol. The summed E-state index contributed by atoms with van der Waals surface area (Å²) in [6.07, 6.45) is 2.29. The average molecular weight is 418 g/mol. The van der Waals surface area contributed by atoms with Crippen LogP contribution in [-0.2, 0) is 13.0 Å². The van der Waals surface area contributed by atoms with Crippen molar-refractivity contribution in [1.29, 1.82) is 0 Å². The molecule has 0 aliphatic rings. The molecule has 0 N–H and O–H groups in total. The summed E-state index contributed by atoms with van der Waals surface area (Å²) in [6, 6.07) is 6.00. The molecule has 0 radical (unpaired) electrons. The zero-order chi connectivity index (χ0) is 19.7. The van der Waals surface area contributed by atoms with Crippen LogP contribution in [0.15, 0.2) is 35.8 Å². The number of aryl methyl sites for hydroxylation is 1. The molecule has 5 nitrogen and oxygen atoms in total. The lowest BCUT2D eigenvalue weighted by Crippen LogP contribution is -2.04. The van der Waals surface area contributed by atoms with Crippen molar-refractivity contribution in [3.05, 3.63) is 79.5 Å². The third-order valence-corrected chi connectivity index (χ3v) is 6.50. The summed E-state index contributed by atoms with van der Waals surface area (Å²) >= 11 is 3.17. The number of rotatable bonds is 6. The van der Waals surface area contributed by atoms with Crippen molar-refractivity contribution in [2.75, 3.05) is 0 Å². The Labute approximate surface area is 168 Å². The molecule has 0 aliphatic heterocycles. The SMILES string of the molecule is Cc1csc(C(C)c2nnc(Cc3ccn(Cc4cccc(F)c4F)n3)s2)n1. The number of thiazole rings is 1. The van der Waals surface area contributed by atoms with Crippen molar-refractivity contribution < 1.29 is 8.78 Å². The fraction of sp³-hybridized carbons (Fsp3) is 0.263. The zero-order valence-corrected chi connectivity index (χ0v) is 16.9. The highest BCUT2D eigenvalue weighted by Gasteiger charge is 2.18. The average Bonchev–Trinajstić information content (AvgIpc) is 3.41. The second-order valence-electron chi connectivity index (χ2n) is 6.48. The van der Waals surface area contributed by atoms with Crippen LogP contribution in [0.5, 0.6) is 0 Å². The van der Waals surface area contributed by atoms with E-state index in [1.165, 1.54) is 6.07 Å². The minimum absolute atomic E-state index is 0.110. The van der Waals surface area contributed by atoms with Gasteiger partial charge in [0.05, 0.1) is 18.2 Å². The Bertz CT molecular complexity index is 1100. The zero-order valence-electron chi connectivity index (χ0n) is 15.3. The Balaban J connectivity index is 1.44. The van der Waals surface area contributed by atoms with E-state index in [4.69, 9.17) is 0 Å². The summed E-state index contributed by atoms with van der Waals surface area (Å²) in [6.45, 7) is 4.22. The van der Waals surface area contributed by atoms with Gasteiger partial charge in [-0.15, -0.1) is 32.9 Å². The van der Waals surface area contributed by atoms with E-state index in [0.29, 0.717) is 6.42 Å². The van der Waals surface area contributed by atoms with Crippen molar-refractivity contribution in [2.45, 2.75) is 32.7 Å². The Hall–Kier alpha value is -2.52. The monoisotopic (exact) mass is 417 g/mol. The molecule has 3 aromatic heterocycles. The summed E-state index contributed by atoms with van der Waals surface area (Å²) in [5.74, 6) is -1.58. The first-order valence-electron chi connectivity index (χ1n) is 8.69. The topological polar surface area (TPSA) is 56.5 Å². The number of halogens is 2. The molecule has 1 unspecified atom stereocenters. The van der Waals surface area contributed by atoms with Gasteiger partial charge >= 0.3 is 0 Å². The van der Waals surface area contributed by atoms with Crippen molar-refractivity contribution in [2.24, 2.45) is 0 Å². The number of hydrogen-bond donors (Lipinski definition) is 0. The van der Waals surface area contributed by atoms with Gasteiger partial charge in [0.15, 0.2) is 11.6 Å². The van der Waals surface area contributed by atoms with Gasteiger partial charge in [-0.3, -0.25) is 4.68 Å². The van der Waals surface area contributed by atoms with Crippen LogP contribution < -0.4 is 0 Å². The molecular formula is C19H17F2N5S2. The smallest absolute Gasteiger partial charge is 0.163 e. The number of nitrogens with zero attached hydrogens (tertiary/aromatic N) is 5. The standard InChI is InChI=1S/C19H17F2N5S2/c1-11-10-27-18(22-11)12(2)19-24-23-16(28-19)8-14-6-7-26(25-14)9-13-4-3-5-15(20)17(13)21/h3-7,10,12H,8-9H2,1-2H3. The lowest BCUT2D eigenvalue weighted by Gasteiger charge is -2.04. The Morgan fingerprint density at radius 1 is 1.14 bits per heavy atom. The summed E-state index contributed by atoms with van der Waals surface area (Å²) < 4.78 is 28.8. The van der Waals surface area contributed by atoms with Gasteiger partial charge in [0.25, 0.3) is 0 Å². The van der Waals surface area contributed by atoms with Crippen LogP contribution in [0.25, 0.3) is 0 Å². The molecule has 9 heteroatoms. The third-order valence-electron chi connectivity index (χ3n) is 4.25. The maximum Gasteiger partial charge on any atom is 0.163 e. The molecule has 3 heterocycles. The molecule has 0 spiro atoms. The second-order valence-corrected chi connectivity index (χ2v) is 8.46. The van der Waals surface area contributed by atoms with Crippen LogP contribution in [0.4, 0.5) is 8.78 Å². The highest BCUT2D eigenvalue weighted by atomic mass is 32.1. The van der Waals surface area contributed by atoms with E-state index in [2.05, 4.69) is 27.2 Å². The third kappa shape index (κ3) is 4.00. The molecule has 0 saturated heterocycles. The van der Waals surface area contributed by atoms with E-state index in [1.807, 2.05) is 18.4 Å². The molecule has 4 rings (SSSR count). The van der Waals surface area contributed by atoms with Crippen molar-refractivity contribution >= 4 is 22.7 Å². The summed E-state index contributed by atoms with van der Waals surface area (Å²) in [7, 11) is 0. The van der Waals surface area contributed by atoms with Crippen molar-refractivity contribution in [1.82, 2.24) is 25.0 Å². The highest BCUT2D eigenvalue weighted by Crippen LogP contribution is 2.29. The number of benzene rings is 1. The van der Waals surface area contributed by atoms with E-state index in [9.17, 15) is 8.78 Å². The quantitative estimate of drug-likeness (QED) is 0.461. The maximum absolute atomic E-state index is 13.8. The first-order valence-corrected chi connectivity index (χ1v) is 10.4. The van der Waals surface area contributed by atoms with Gasteiger partial charge in [0, 0.05) is 29.3 Å². The van der Waals surface area contributed by atoms with E-state index in [1.54, 1.807) is 39.6 Å². The predicted molar refractivity (Wildman–Crippen MR) is 105 cm³/mol. The molecule has 1 atom stereocenters. The minimum atomic E-state index is -0.851. The summed E-state index contributed by atoms with van der Waals surface area (Å²) in [5, 5.41) is 17.9. The van der Waals surface area contributed by atoms with Gasteiger partial charge in [-0.25, -0.2) is 13.8 Å². The molecule has 144 valence electrons. The van der Waals surface area contributed by atoms with Crippen LogP contribution in [0.1, 0.15) is 44.8 Å². The van der Waals surface area contributed by atoms with Gasteiger partial charge in [0.2, 0.25) is 0 Å². The Morgan fingerprint density at radius 3 is 2.79 bits per heavy atom. The maximum atomic E-state index is 13.8.